The second-order valence-electron chi connectivity index (χ2n) is 8.24. The Kier molecular flexibility index (Phi) is 4.88. The maximum absolute atomic E-state index is 13.5. The summed E-state index contributed by atoms with van der Waals surface area (Å²) in [7, 11) is 3.19. The highest BCUT2D eigenvalue weighted by Crippen LogP contribution is 2.43. The molecule has 2 fully saturated rings. The van der Waals surface area contributed by atoms with Crippen molar-refractivity contribution in [2.24, 2.45) is 0 Å². The molecule has 1 aromatic heterocycles. The average Bonchev–Trinajstić information content (AvgIpc) is 2.82. The van der Waals surface area contributed by atoms with Gasteiger partial charge in [0.1, 0.15) is 23.6 Å². The van der Waals surface area contributed by atoms with Crippen LogP contribution in [0.3, 0.4) is 0 Å². The third kappa shape index (κ3) is 3.24. The van der Waals surface area contributed by atoms with Crippen molar-refractivity contribution < 1.29 is 14.3 Å². The number of carbonyl (C=O) groups is 1. The van der Waals surface area contributed by atoms with Crippen molar-refractivity contribution in [3.8, 4) is 11.5 Å². The predicted octanol–water partition coefficient (Wildman–Crippen LogP) is 3.53. The van der Waals surface area contributed by atoms with E-state index < -0.39 is 0 Å². The second-order valence-corrected chi connectivity index (χ2v) is 8.24. The lowest BCUT2D eigenvalue weighted by Gasteiger charge is -2.57. The van der Waals surface area contributed by atoms with Gasteiger partial charge >= 0.3 is 0 Å². The second kappa shape index (κ2) is 7.72. The van der Waals surface area contributed by atoms with Crippen molar-refractivity contribution in [1.82, 2.24) is 14.9 Å². The van der Waals surface area contributed by atoms with E-state index in [4.69, 9.17) is 9.47 Å². The number of hydrogen-bond donors (Lipinski definition) is 0. The highest BCUT2D eigenvalue weighted by atomic mass is 16.5. The van der Waals surface area contributed by atoms with Gasteiger partial charge in [-0.1, -0.05) is 12.1 Å². The molecular weight excluding hydrogens is 392 g/mol. The minimum Gasteiger partial charge on any atom is -0.497 e. The molecule has 160 valence electrons. The van der Waals surface area contributed by atoms with Crippen LogP contribution in [0.2, 0.25) is 0 Å². The van der Waals surface area contributed by atoms with E-state index in [1.807, 2.05) is 23.1 Å². The Labute approximate surface area is 181 Å². The number of ether oxygens (including phenoxy) is 2. The summed E-state index contributed by atoms with van der Waals surface area (Å²) in [6.07, 6.45) is 4.68. The van der Waals surface area contributed by atoms with E-state index >= 15 is 0 Å². The first-order valence-electron chi connectivity index (χ1n) is 10.6. The quantitative estimate of drug-likeness (QED) is 0.646. The number of hydrogen-bond acceptors (Lipinski definition) is 6. The molecule has 0 aliphatic carbocycles. The smallest absolute Gasteiger partial charge is 0.257 e. The number of anilines is 1. The molecule has 0 N–H and O–H groups in total. The number of para-hydroxylation sites is 1. The van der Waals surface area contributed by atoms with Crippen LogP contribution in [-0.2, 0) is 0 Å². The molecule has 1 spiro atoms. The Balaban J connectivity index is 1.45. The maximum atomic E-state index is 13.5. The first-order valence-corrected chi connectivity index (χ1v) is 10.6. The Morgan fingerprint density at radius 2 is 1.90 bits per heavy atom. The van der Waals surface area contributed by atoms with Gasteiger partial charge in [-0.05, 0) is 49.6 Å². The summed E-state index contributed by atoms with van der Waals surface area (Å²) in [6, 6.07) is 13.5. The van der Waals surface area contributed by atoms with Crippen molar-refractivity contribution in [1.29, 1.82) is 0 Å². The summed E-state index contributed by atoms with van der Waals surface area (Å²) in [4.78, 5) is 26.8. The number of rotatable bonds is 4. The summed E-state index contributed by atoms with van der Waals surface area (Å²) < 4.78 is 10.8. The summed E-state index contributed by atoms with van der Waals surface area (Å²) in [6.45, 7) is 2.34. The van der Waals surface area contributed by atoms with Crippen LogP contribution in [0.1, 0.15) is 29.6 Å². The normalized spacial score (nSPS) is 20.6. The van der Waals surface area contributed by atoms with Crippen LogP contribution in [0, 0.1) is 0 Å². The molecule has 0 saturated carbocycles. The van der Waals surface area contributed by atoms with Crippen LogP contribution in [-0.4, -0.2) is 60.2 Å². The van der Waals surface area contributed by atoms with Gasteiger partial charge in [0.25, 0.3) is 5.91 Å². The number of benzene rings is 2. The lowest BCUT2D eigenvalue weighted by molar-refractivity contribution is 0.0559. The van der Waals surface area contributed by atoms with Crippen LogP contribution >= 0.6 is 0 Å². The zero-order valence-electron chi connectivity index (χ0n) is 17.9. The Morgan fingerprint density at radius 1 is 1.03 bits per heavy atom. The Hall–Kier alpha value is -3.35. The molecule has 5 rings (SSSR count). The molecule has 2 aliphatic heterocycles. The lowest BCUT2D eigenvalue weighted by Crippen LogP contribution is -2.68. The van der Waals surface area contributed by atoms with Gasteiger partial charge in [0, 0.05) is 25.0 Å². The van der Waals surface area contributed by atoms with Gasteiger partial charge in [-0.15, -0.1) is 0 Å². The fraction of sp³-hybridized carbons (Fsp3) is 0.375. The van der Waals surface area contributed by atoms with E-state index in [0.717, 1.165) is 49.1 Å². The summed E-state index contributed by atoms with van der Waals surface area (Å²) in [5.74, 6) is 2.16. The Bertz CT molecular complexity index is 1130. The number of fused-ring (bicyclic) bond motifs is 1. The van der Waals surface area contributed by atoms with Crippen LogP contribution < -0.4 is 14.4 Å². The molecule has 2 saturated heterocycles. The molecule has 0 bridgehead atoms. The molecule has 2 aliphatic rings. The SMILES string of the molecule is COc1ccc(OC)c(C(=O)N2CCCC3(CCN3c3ncnc4ccccc34)C2)c1. The topological polar surface area (TPSA) is 67.8 Å². The lowest BCUT2D eigenvalue weighted by atomic mass is 9.77. The van der Waals surface area contributed by atoms with Gasteiger partial charge < -0.3 is 19.3 Å². The summed E-state index contributed by atoms with van der Waals surface area (Å²) in [5.41, 5.74) is 1.40. The van der Waals surface area contributed by atoms with Crippen molar-refractivity contribution in [3.63, 3.8) is 0 Å². The largest absolute Gasteiger partial charge is 0.497 e. The summed E-state index contributed by atoms with van der Waals surface area (Å²) >= 11 is 0. The zero-order chi connectivity index (χ0) is 21.4. The number of aromatic nitrogens is 2. The third-order valence-corrected chi connectivity index (χ3v) is 6.63. The van der Waals surface area contributed by atoms with Crippen LogP contribution in [0.5, 0.6) is 11.5 Å². The highest BCUT2D eigenvalue weighted by molar-refractivity contribution is 5.97. The molecule has 3 heterocycles. The zero-order valence-corrected chi connectivity index (χ0v) is 17.9. The van der Waals surface area contributed by atoms with Gasteiger partial charge in [0.2, 0.25) is 0 Å². The van der Waals surface area contributed by atoms with Crippen molar-refractivity contribution in [2.75, 3.05) is 38.8 Å². The molecule has 31 heavy (non-hydrogen) atoms. The molecule has 7 heteroatoms. The number of carbonyl (C=O) groups excluding carboxylic acids is 1. The predicted molar refractivity (Wildman–Crippen MR) is 119 cm³/mol. The first kappa shape index (κ1) is 19.6. The van der Waals surface area contributed by atoms with Crippen molar-refractivity contribution in [2.45, 2.75) is 24.8 Å². The monoisotopic (exact) mass is 418 g/mol. The van der Waals surface area contributed by atoms with E-state index in [0.29, 0.717) is 23.6 Å². The third-order valence-electron chi connectivity index (χ3n) is 6.63. The van der Waals surface area contributed by atoms with Gasteiger partial charge in [0.05, 0.1) is 30.8 Å². The summed E-state index contributed by atoms with van der Waals surface area (Å²) in [5, 5.41) is 1.06. The molecule has 2 aromatic carbocycles. The average molecular weight is 418 g/mol. The molecule has 1 unspecified atom stereocenters. The standard InChI is InChI=1S/C24H26N4O3/c1-30-17-8-9-21(31-2)19(14-17)23(29)27-12-5-10-24(15-27)11-13-28(24)22-18-6-3-4-7-20(18)25-16-26-22/h3-4,6-9,14,16H,5,10-13,15H2,1-2H3. The van der Waals surface area contributed by atoms with E-state index in [-0.39, 0.29) is 11.4 Å². The van der Waals surface area contributed by atoms with E-state index in [1.165, 1.54) is 0 Å². The Morgan fingerprint density at radius 3 is 2.68 bits per heavy atom. The van der Waals surface area contributed by atoms with Gasteiger partial charge in [0.15, 0.2) is 0 Å². The first-order chi connectivity index (χ1) is 15.1. The molecule has 3 aromatic rings. The van der Waals surface area contributed by atoms with Gasteiger partial charge in [-0.3, -0.25) is 4.79 Å². The van der Waals surface area contributed by atoms with Crippen molar-refractivity contribution in [3.05, 3.63) is 54.4 Å². The molecule has 1 atom stereocenters. The molecule has 7 nitrogen and oxygen atoms in total. The fourth-order valence-electron chi connectivity index (χ4n) is 4.94. The van der Waals surface area contributed by atoms with E-state index in [9.17, 15) is 4.79 Å². The van der Waals surface area contributed by atoms with Gasteiger partial charge in [-0.25, -0.2) is 9.97 Å². The van der Waals surface area contributed by atoms with Crippen LogP contribution in [0.4, 0.5) is 5.82 Å². The number of piperidine rings is 1. The fourth-order valence-corrected chi connectivity index (χ4v) is 4.94. The van der Waals surface area contributed by atoms with Gasteiger partial charge in [-0.2, -0.15) is 0 Å². The van der Waals surface area contributed by atoms with Crippen LogP contribution in [0.25, 0.3) is 10.9 Å². The van der Waals surface area contributed by atoms with E-state index in [2.05, 4.69) is 20.9 Å². The minimum absolute atomic E-state index is 0.0192. The molecular formula is C24H26N4O3. The number of amides is 1. The maximum Gasteiger partial charge on any atom is 0.257 e. The number of methoxy groups -OCH3 is 2. The number of nitrogens with zero attached hydrogens (tertiary/aromatic N) is 4. The van der Waals surface area contributed by atoms with Crippen molar-refractivity contribution >= 4 is 22.6 Å². The van der Waals surface area contributed by atoms with Crippen LogP contribution in [0.15, 0.2) is 48.8 Å². The highest BCUT2D eigenvalue weighted by Gasteiger charge is 2.49. The number of likely N-dealkylation sites (tertiary alicyclic amines) is 1. The molecule has 1 amide bonds. The minimum atomic E-state index is -0.0862. The molecule has 0 radical (unpaired) electrons. The van der Waals surface area contributed by atoms with E-state index in [1.54, 1.807) is 38.7 Å².